The minimum atomic E-state index is -1.09. The van der Waals surface area contributed by atoms with Gasteiger partial charge in [0.25, 0.3) is 0 Å². The maximum atomic E-state index is 10.7. The number of carboxylic acids is 2. The number of nitrogens with two attached hydrogens (primary N) is 2. The van der Waals surface area contributed by atoms with Gasteiger partial charge in [0.2, 0.25) is 0 Å². The first-order chi connectivity index (χ1) is 6.93. The van der Waals surface area contributed by atoms with Crippen LogP contribution in [0.3, 0.4) is 0 Å². The van der Waals surface area contributed by atoms with Crippen LogP contribution in [-0.2, 0) is 9.59 Å². The summed E-state index contributed by atoms with van der Waals surface area (Å²) in [7, 11) is 0. The predicted octanol–water partition coefficient (Wildman–Crippen LogP) is -1.47. The summed E-state index contributed by atoms with van der Waals surface area (Å²) in [6, 6.07) is -0.861. The molecule has 0 aliphatic heterocycles. The lowest BCUT2D eigenvalue weighted by Crippen LogP contribution is -2.40. The zero-order chi connectivity index (χ0) is 11.8. The van der Waals surface area contributed by atoms with Crippen molar-refractivity contribution in [1.82, 2.24) is 5.32 Å². The molecule has 7 heteroatoms. The molecule has 1 atom stereocenters. The van der Waals surface area contributed by atoms with Crippen LogP contribution in [0.2, 0.25) is 0 Å². The summed E-state index contributed by atoms with van der Waals surface area (Å²) in [6.45, 7) is -0.369. The molecule has 0 spiro atoms. The highest BCUT2D eigenvalue weighted by molar-refractivity contribution is 5.75. The third-order valence-corrected chi connectivity index (χ3v) is 1.83. The van der Waals surface area contributed by atoms with Gasteiger partial charge in [-0.3, -0.25) is 14.9 Å². The predicted molar refractivity (Wildman–Crippen MR) is 53.1 cm³/mol. The molecule has 7 nitrogen and oxygen atoms in total. The van der Waals surface area contributed by atoms with Crippen LogP contribution in [0, 0.1) is 0 Å². The molecule has 0 aliphatic carbocycles. The van der Waals surface area contributed by atoms with Crippen molar-refractivity contribution < 1.29 is 19.8 Å². The van der Waals surface area contributed by atoms with Crippen molar-refractivity contribution in [2.24, 2.45) is 11.5 Å². The molecule has 0 unspecified atom stereocenters. The first-order valence-electron chi connectivity index (χ1n) is 4.62. The molecule has 0 aliphatic rings. The molecule has 0 saturated carbocycles. The highest BCUT2D eigenvalue weighted by atomic mass is 16.4. The number of hydrogen-bond acceptors (Lipinski definition) is 5. The zero-order valence-electron chi connectivity index (χ0n) is 8.35. The molecule has 7 N–H and O–H groups in total. The average Bonchev–Trinajstić information content (AvgIpc) is 2.09. The van der Waals surface area contributed by atoms with E-state index in [-0.39, 0.29) is 6.54 Å². The summed E-state index contributed by atoms with van der Waals surface area (Å²) in [5, 5.41) is 19.5. The Balaban J connectivity index is 3.84. The Kier molecular flexibility index (Phi) is 6.59. The van der Waals surface area contributed by atoms with Gasteiger partial charge in [-0.25, -0.2) is 0 Å². The largest absolute Gasteiger partial charge is 0.480 e. The fraction of sp³-hybridized carbons (Fsp3) is 0.750. The molecule has 0 aromatic carbocycles. The highest BCUT2D eigenvalue weighted by Gasteiger charge is 2.17. The Morgan fingerprint density at radius 1 is 1.20 bits per heavy atom. The van der Waals surface area contributed by atoms with E-state index >= 15 is 0 Å². The molecule has 15 heavy (non-hydrogen) atoms. The topological polar surface area (TPSA) is 139 Å². The first-order valence-corrected chi connectivity index (χ1v) is 4.62. The van der Waals surface area contributed by atoms with E-state index in [0.29, 0.717) is 19.3 Å². The Labute approximate surface area is 87.4 Å². The van der Waals surface area contributed by atoms with Crippen LogP contribution in [0.25, 0.3) is 0 Å². The fourth-order valence-corrected chi connectivity index (χ4v) is 1.08. The molecule has 0 radical (unpaired) electrons. The normalized spacial score (nSPS) is 12.7. The second-order valence-corrected chi connectivity index (χ2v) is 3.26. The second kappa shape index (κ2) is 7.16. The lowest BCUT2D eigenvalue weighted by molar-refractivity contribution is -0.140. The van der Waals surface area contributed by atoms with Gasteiger partial charge in [-0.05, 0) is 19.3 Å². The van der Waals surface area contributed by atoms with Gasteiger partial charge in [0.1, 0.15) is 6.04 Å². The third-order valence-electron chi connectivity index (χ3n) is 1.83. The Hall–Kier alpha value is -1.18. The molecule has 0 heterocycles. The molecule has 0 aromatic heterocycles. The van der Waals surface area contributed by atoms with E-state index in [2.05, 4.69) is 5.32 Å². The molecule has 0 fully saturated rings. The second-order valence-electron chi connectivity index (χ2n) is 3.26. The van der Waals surface area contributed by atoms with Crippen molar-refractivity contribution in [3.8, 4) is 0 Å². The number of carbonyl (C=O) groups is 2. The molecular formula is C8H17N3O4. The minimum absolute atomic E-state index is 0.313. The van der Waals surface area contributed by atoms with Crippen LogP contribution in [0.4, 0.5) is 0 Å². The summed E-state index contributed by atoms with van der Waals surface area (Å²) in [4.78, 5) is 20.9. The van der Waals surface area contributed by atoms with Gasteiger partial charge in [0.05, 0.1) is 12.7 Å². The van der Waals surface area contributed by atoms with E-state index in [0.717, 1.165) is 0 Å². The number of carboxylic acid groups (broad SMARTS) is 2. The molecular weight excluding hydrogens is 202 g/mol. The van der Waals surface area contributed by atoms with Crippen LogP contribution in [-0.4, -0.2) is 40.9 Å². The van der Waals surface area contributed by atoms with Gasteiger partial charge in [-0.1, -0.05) is 0 Å². The van der Waals surface area contributed by atoms with Crippen LogP contribution in [0.5, 0.6) is 0 Å². The van der Waals surface area contributed by atoms with Gasteiger partial charge in [0, 0.05) is 0 Å². The number of aliphatic carboxylic acids is 2. The highest BCUT2D eigenvalue weighted by Crippen LogP contribution is 2.01. The molecule has 0 aromatic rings. The maximum Gasteiger partial charge on any atom is 0.320 e. The number of nitrogens with one attached hydrogen (secondary N) is 1. The van der Waals surface area contributed by atoms with E-state index in [9.17, 15) is 9.59 Å². The van der Waals surface area contributed by atoms with Crippen molar-refractivity contribution in [2.75, 3.05) is 6.54 Å². The van der Waals surface area contributed by atoms with Crippen molar-refractivity contribution in [3.63, 3.8) is 0 Å². The lowest BCUT2D eigenvalue weighted by atomic mass is 10.1. The Bertz CT molecular complexity index is 220. The molecule has 0 bridgehead atoms. The van der Waals surface area contributed by atoms with E-state index in [1.807, 2.05) is 0 Å². The van der Waals surface area contributed by atoms with Gasteiger partial charge < -0.3 is 21.7 Å². The lowest BCUT2D eigenvalue weighted by Gasteiger charge is -2.13. The quantitative estimate of drug-likeness (QED) is 0.314. The van der Waals surface area contributed by atoms with E-state index in [4.69, 9.17) is 21.7 Å². The zero-order valence-corrected chi connectivity index (χ0v) is 8.35. The summed E-state index contributed by atoms with van der Waals surface area (Å²) in [5.41, 5.74) is 10.6. The summed E-state index contributed by atoms with van der Waals surface area (Å²) in [5.74, 6) is -2.15. The van der Waals surface area contributed by atoms with E-state index < -0.39 is 24.1 Å². The number of rotatable bonds is 8. The van der Waals surface area contributed by atoms with E-state index in [1.54, 1.807) is 0 Å². The standard InChI is InChI=1S/C8H17N3O4/c9-6(10)3-1-2-5(8(14)15)11-4-7(12)13/h5-6,11H,1-4,9-10H2,(H,12,13)(H,14,15)/t5-/m0/s1. The molecule has 88 valence electrons. The van der Waals surface area contributed by atoms with Gasteiger partial charge in [-0.15, -0.1) is 0 Å². The monoisotopic (exact) mass is 219 g/mol. The van der Waals surface area contributed by atoms with Gasteiger partial charge in [0.15, 0.2) is 0 Å². The maximum absolute atomic E-state index is 10.7. The van der Waals surface area contributed by atoms with Crippen LogP contribution >= 0.6 is 0 Å². The minimum Gasteiger partial charge on any atom is -0.480 e. The van der Waals surface area contributed by atoms with Crippen LogP contribution in [0.15, 0.2) is 0 Å². The van der Waals surface area contributed by atoms with Crippen LogP contribution in [0.1, 0.15) is 19.3 Å². The summed E-state index contributed by atoms with van der Waals surface area (Å²) < 4.78 is 0. The molecule has 0 rings (SSSR count). The smallest absolute Gasteiger partial charge is 0.320 e. The Morgan fingerprint density at radius 3 is 2.20 bits per heavy atom. The van der Waals surface area contributed by atoms with Gasteiger partial charge >= 0.3 is 11.9 Å². The van der Waals surface area contributed by atoms with Crippen molar-refractivity contribution >= 4 is 11.9 Å². The fourth-order valence-electron chi connectivity index (χ4n) is 1.08. The van der Waals surface area contributed by atoms with Crippen molar-refractivity contribution in [3.05, 3.63) is 0 Å². The SMILES string of the molecule is NC(N)CCC[C@H](NCC(=O)O)C(=O)O. The number of hydrogen-bond donors (Lipinski definition) is 5. The first kappa shape index (κ1) is 13.8. The van der Waals surface area contributed by atoms with Crippen molar-refractivity contribution in [2.45, 2.75) is 31.5 Å². The summed E-state index contributed by atoms with van der Waals surface area (Å²) >= 11 is 0. The average molecular weight is 219 g/mol. The molecule has 0 saturated heterocycles. The molecule has 0 amide bonds. The third kappa shape index (κ3) is 7.86. The Morgan fingerprint density at radius 2 is 1.80 bits per heavy atom. The van der Waals surface area contributed by atoms with Gasteiger partial charge in [-0.2, -0.15) is 0 Å². The van der Waals surface area contributed by atoms with E-state index in [1.165, 1.54) is 0 Å². The van der Waals surface area contributed by atoms with Crippen LogP contribution < -0.4 is 16.8 Å². The van der Waals surface area contributed by atoms with Crippen molar-refractivity contribution in [1.29, 1.82) is 0 Å². The summed E-state index contributed by atoms with van der Waals surface area (Å²) in [6.07, 6.45) is 0.909.